The number of nitrogens with zero attached hydrogens (tertiary/aromatic N) is 1. The average Bonchev–Trinajstić information content (AvgIpc) is 3.40. The van der Waals surface area contributed by atoms with Gasteiger partial charge in [-0.05, 0) is 55.4 Å². The van der Waals surface area contributed by atoms with Crippen molar-refractivity contribution in [1.82, 2.24) is 10.2 Å². The van der Waals surface area contributed by atoms with E-state index in [9.17, 15) is 4.79 Å². The fourth-order valence-electron chi connectivity index (χ4n) is 4.00. The van der Waals surface area contributed by atoms with Gasteiger partial charge in [0.15, 0.2) is 0 Å². The number of furan rings is 1. The summed E-state index contributed by atoms with van der Waals surface area (Å²) < 4.78 is 10.8. The molecule has 3 aromatic rings. The third-order valence-electron chi connectivity index (χ3n) is 5.84. The number of amides is 1. The van der Waals surface area contributed by atoms with Gasteiger partial charge >= 0.3 is 0 Å². The molecule has 0 aliphatic carbocycles. The maximum absolute atomic E-state index is 12.7. The van der Waals surface area contributed by atoms with E-state index in [1.54, 1.807) is 24.7 Å². The Labute approximate surface area is 175 Å². The lowest BCUT2D eigenvalue weighted by Gasteiger charge is -2.36. The maximum atomic E-state index is 12.7. The molecule has 154 valence electrons. The quantitative estimate of drug-likeness (QED) is 0.614. The zero-order valence-corrected chi connectivity index (χ0v) is 17.8. The second-order valence-corrected chi connectivity index (χ2v) is 8.83. The summed E-state index contributed by atoms with van der Waals surface area (Å²) in [6, 6.07) is 10.2. The topological polar surface area (TPSA) is 54.7 Å². The highest BCUT2D eigenvalue weighted by Crippen LogP contribution is 2.29. The molecule has 1 unspecified atom stereocenters. The molecule has 1 aromatic carbocycles. The lowest BCUT2D eigenvalue weighted by atomic mass is 9.97. The maximum Gasteiger partial charge on any atom is 0.224 e. The third kappa shape index (κ3) is 4.65. The Morgan fingerprint density at radius 1 is 1.34 bits per heavy atom. The van der Waals surface area contributed by atoms with E-state index >= 15 is 0 Å². The molecule has 1 saturated heterocycles. The van der Waals surface area contributed by atoms with E-state index in [0.29, 0.717) is 13.0 Å². The Morgan fingerprint density at radius 3 is 2.90 bits per heavy atom. The van der Waals surface area contributed by atoms with E-state index in [0.717, 1.165) is 41.3 Å². The van der Waals surface area contributed by atoms with Crippen molar-refractivity contribution in [2.24, 2.45) is 5.92 Å². The smallest absolute Gasteiger partial charge is 0.224 e. The standard InChI is InChI=1S/C23H28N2O3S/c1-16-7-9-25(10-8-16)20(22-4-3-11-29-22)14-24-23(26)12-17-15-28-21-13-18(27-2)5-6-19(17)21/h3-6,11,13,15-16,20H,7-10,12,14H2,1-2H3,(H,24,26). The summed E-state index contributed by atoms with van der Waals surface area (Å²) in [7, 11) is 1.63. The molecule has 6 heteroatoms. The Kier molecular flexibility index (Phi) is 6.21. The molecule has 0 saturated carbocycles. The van der Waals surface area contributed by atoms with Gasteiger partial charge in [-0.25, -0.2) is 0 Å². The summed E-state index contributed by atoms with van der Waals surface area (Å²) in [5, 5.41) is 6.24. The van der Waals surface area contributed by atoms with Crippen molar-refractivity contribution in [2.75, 3.05) is 26.7 Å². The normalized spacial score (nSPS) is 16.8. The largest absolute Gasteiger partial charge is 0.497 e. The Balaban J connectivity index is 1.40. The number of piperidine rings is 1. The number of thiophene rings is 1. The van der Waals surface area contributed by atoms with Gasteiger partial charge in [0.1, 0.15) is 11.3 Å². The van der Waals surface area contributed by atoms with Crippen LogP contribution in [-0.4, -0.2) is 37.6 Å². The molecule has 0 spiro atoms. The van der Waals surface area contributed by atoms with Crippen LogP contribution in [0.2, 0.25) is 0 Å². The minimum absolute atomic E-state index is 0.0236. The zero-order chi connectivity index (χ0) is 20.2. The third-order valence-corrected chi connectivity index (χ3v) is 6.81. The number of likely N-dealkylation sites (tertiary alicyclic amines) is 1. The first-order chi connectivity index (χ1) is 14.1. The minimum atomic E-state index is 0.0236. The van der Waals surface area contributed by atoms with Gasteiger partial charge in [0, 0.05) is 28.4 Å². The van der Waals surface area contributed by atoms with E-state index in [1.165, 1.54) is 17.7 Å². The van der Waals surface area contributed by atoms with Crippen LogP contribution in [0.1, 0.15) is 36.2 Å². The highest BCUT2D eigenvalue weighted by atomic mass is 32.1. The molecule has 2 aromatic heterocycles. The van der Waals surface area contributed by atoms with Crippen molar-refractivity contribution in [3.05, 3.63) is 52.4 Å². The highest BCUT2D eigenvalue weighted by molar-refractivity contribution is 7.10. The van der Waals surface area contributed by atoms with Crippen molar-refractivity contribution in [2.45, 2.75) is 32.2 Å². The van der Waals surface area contributed by atoms with Crippen molar-refractivity contribution < 1.29 is 13.9 Å². The number of carbonyl (C=O) groups excluding carboxylic acids is 1. The van der Waals surface area contributed by atoms with Crippen LogP contribution in [0.15, 0.2) is 46.4 Å². The Hall–Kier alpha value is -2.31. The van der Waals surface area contributed by atoms with Gasteiger partial charge in [0.2, 0.25) is 5.91 Å². The average molecular weight is 413 g/mol. The van der Waals surface area contributed by atoms with Gasteiger partial charge in [0.05, 0.1) is 25.8 Å². The van der Waals surface area contributed by atoms with Crippen LogP contribution < -0.4 is 10.1 Å². The minimum Gasteiger partial charge on any atom is -0.497 e. The molecular formula is C23H28N2O3S. The summed E-state index contributed by atoms with van der Waals surface area (Å²) in [5.74, 6) is 1.56. The Bertz CT molecular complexity index is 942. The summed E-state index contributed by atoms with van der Waals surface area (Å²) in [5.41, 5.74) is 1.64. The lowest BCUT2D eigenvalue weighted by Crippen LogP contribution is -2.41. The van der Waals surface area contributed by atoms with E-state index in [1.807, 2.05) is 18.2 Å². The van der Waals surface area contributed by atoms with Crippen LogP contribution >= 0.6 is 11.3 Å². The molecule has 29 heavy (non-hydrogen) atoms. The van der Waals surface area contributed by atoms with Crippen LogP contribution in [0, 0.1) is 5.92 Å². The molecule has 1 aliphatic heterocycles. The van der Waals surface area contributed by atoms with Gasteiger partial charge in [-0.1, -0.05) is 13.0 Å². The molecule has 5 nitrogen and oxygen atoms in total. The van der Waals surface area contributed by atoms with Gasteiger partial charge < -0.3 is 14.5 Å². The van der Waals surface area contributed by atoms with Crippen molar-refractivity contribution >= 4 is 28.2 Å². The van der Waals surface area contributed by atoms with E-state index in [4.69, 9.17) is 9.15 Å². The van der Waals surface area contributed by atoms with Gasteiger partial charge in [-0.2, -0.15) is 0 Å². The molecule has 3 heterocycles. The van der Waals surface area contributed by atoms with Crippen LogP contribution in [0.25, 0.3) is 11.0 Å². The van der Waals surface area contributed by atoms with Crippen LogP contribution in [0.4, 0.5) is 0 Å². The number of hydrogen-bond donors (Lipinski definition) is 1. The van der Waals surface area contributed by atoms with E-state index in [-0.39, 0.29) is 11.9 Å². The van der Waals surface area contributed by atoms with E-state index in [2.05, 4.69) is 34.7 Å². The van der Waals surface area contributed by atoms with Gasteiger partial charge in [0.25, 0.3) is 0 Å². The summed E-state index contributed by atoms with van der Waals surface area (Å²) in [6.07, 6.45) is 4.43. The number of rotatable bonds is 7. The fraction of sp³-hybridized carbons (Fsp3) is 0.435. The summed E-state index contributed by atoms with van der Waals surface area (Å²) in [6.45, 7) is 5.14. The van der Waals surface area contributed by atoms with Gasteiger partial charge in [-0.15, -0.1) is 11.3 Å². The number of benzene rings is 1. The molecule has 1 amide bonds. The molecule has 4 rings (SSSR count). The van der Waals surface area contributed by atoms with Crippen LogP contribution in [-0.2, 0) is 11.2 Å². The number of hydrogen-bond acceptors (Lipinski definition) is 5. The van der Waals surface area contributed by atoms with E-state index < -0.39 is 0 Å². The molecule has 0 radical (unpaired) electrons. The molecule has 0 bridgehead atoms. The molecule has 1 atom stereocenters. The monoisotopic (exact) mass is 412 g/mol. The zero-order valence-electron chi connectivity index (χ0n) is 17.0. The first-order valence-electron chi connectivity index (χ1n) is 10.2. The molecule has 1 aliphatic rings. The summed E-state index contributed by atoms with van der Waals surface area (Å²) >= 11 is 1.77. The van der Waals surface area contributed by atoms with Crippen molar-refractivity contribution in [3.8, 4) is 5.75 Å². The van der Waals surface area contributed by atoms with Gasteiger partial charge in [-0.3, -0.25) is 9.69 Å². The SMILES string of the molecule is COc1ccc2c(CC(=O)NCC(c3cccs3)N3CCC(C)CC3)coc2c1. The van der Waals surface area contributed by atoms with Crippen molar-refractivity contribution in [3.63, 3.8) is 0 Å². The van der Waals surface area contributed by atoms with Crippen LogP contribution in [0.5, 0.6) is 5.75 Å². The summed E-state index contributed by atoms with van der Waals surface area (Å²) in [4.78, 5) is 16.5. The number of carbonyl (C=O) groups is 1. The highest BCUT2D eigenvalue weighted by Gasteiger charge is 2.25. The first kappa shape index (κ1) is 20.0. The molecule has 1 fully saturated rings. The number of ether oxygens (including phenoxy) is 1. The second-order valence-electron chi connectivity index (χ2n) is 7.85. The Morgan fingerprint density at radius 2 is 2.17 bits per heavy atom. The predicted molar refractivity (Wildman–Crippen MR) is 117 cm³/mol. The number of fused-ring (bicyclic) bond motifs is 1. The fourth-order valence-corrected chi connectivity index (χ4v) is 4.87. The predicted octanol–water partition coefficient (Wildman–Crippen LogP) is 4.63. The second kappa shape index (κ2) is 9.01. The lowest BCUT2D eigenvalue weighted by molar-refractivity contribution is -0.120. The first-order valence-corrected chi connectivity index (χ1v) is 11.1. The van der Waals surface area contributed by atoms with Crippen LogP contribution in [0.3, 0.4) is 0 Å². The molecule has 1 N–H and O–H groups in total. The van der Waals surface area contributed by atoms with Crippen molar-refractivity contribution in [1.29, 1.82) is 0 Å². The number of nitrogens with one attached hydrogen (secondary N) is 1. The number of methoxy groups -OCH3 is 1. The molecular weight excluding hydrogens is 384 g/mol.